The molecule has 0 saturated heterocycles. The van der Waals surface area contributed by atoms with E-state index in [9.17, 15) is 9.90 Å². The molecule has 0 heterocycles. The van der Waals surface area contributed by atoms with Crippen LogP contribution >= 0.6 is 0 Å². The van der Waals surface area contributed by atoms with Crippen molar-refractivity contribution in [1.29, 1.82) is 0 Å². The number of anilines is 1. The van der Waals surface area contributed by atoms with E-state index in [1.807, 2.05) is 20.8 Å². The van der Waals surface area contributed by atoms with Crippen LogP contribution in [-0.4, -0.2) is 41.0 Å². The second-order valence-corrected chi connectivity index (χ2v) is 6.31. The quantitative estimate of drug-likeness (QED) is 0.541. The van der Waals surface area contributed by atoms with Crippen LogP contribution in [0.5, 0.6) is 5.75 Å². The van der Waals surface area contributed by atoms with Gasteiger partial charge in [-0.15, -0.1) is 0 Å². The van der Waals surface area contributed by atoms with Gasteiger partial charge in [-0.2, -0.15) is 0 Å². The van der Waals surface area contributed by atoms with Crippen molar-refractivity contribution in [3.63, 3.8) is 0 Å². The second-order valence-electron chi connectivity index (χ2n) is 6.31. The summed E-state index contributed by atoms with van der Waals surface area (Å²) in [6.07, 6.45) is -0.375. The van der Waals surface area contributed by atoms with Crippen LogP contribution in [0.3, 0.4) is 0 Å². The van der Waals surface area contributed by atoms with E-state index in [-0.39, 0.29) is 18.6 Å². The monoisotopic (exact) mass is 310 g/mol. The molecule has 1 unspecified atom stereocenters. The van der Waals surface area contributed by atoms with Gasteiger partial charge in [0.1, 0.15) is 18.5 Å². The van der Waals surface area contributed by atoms with Crippen LogP contribution in [0.1, 0.15) is 32.8 Å². The Morgan fingerprint density at radius 1 is 1.41 bits per heavy atom. The van der Waals surface area contributed by atoms with Gasteiger partial charge in [-0.1, -0.05) is 6.07 Å². The number of carboxylic acid groups (broad SMARTS) is 1. The molecule has 0 fully saturated rings. The first kappa shape index (κ1) is 18.3. The molecule has 0 radical (unpaired) electrons. The molecule has 0 aliphatic rings. The van der Waals surface area contributed by atoms with Crippen LogP contribution in [0.4, 0.5) is 5.69 Å². The molecule has 0 aromatic heterocycles. The van der Waals surface area contributed by atoms with Gasteiger partial charge in [0.15, 0.2) is 0 Å². The summed E-state index contributed by atoms with van der Waals surface area (Å²) in [6, 6.07) is 5.19. The Labute approximate surface area is 131 Å². The summed E-state index contributed by atoms with van der Waals surface area (Å²) < 4.78 is 5.61. The Bertz CT molecular complexity index is 497. The molecule has 6 heteroatoms. The second kappa shape index (κ2) is 8.00. The average Bonchev–Trinajstić information content (AvgIpc) is 2.40. The minimum absolute atomic E-state index is 0.0152. The third-order valence-electron chi connectivity index (χ3n) is 3.06. The highest BCUT2D eigenvalue weighted by Gasteiger charge is 2.14. The van der Waals surface area contributed by atoms with Crippen LogP contribution < -0.4 is 15.8 Å². The number of nitrogen functional groups attached to an aromatic ring is 1. The highest BCUT2D eigenvalue weighted by Crippen LogP contribution is 2.26. The number of carboxylic acids is 1. The van der Waals surface area contributed by atoms with Crippen LogP contribution in [0.2, 0.25) is 0 Å². The van der Waals surface area contributed by atoms with Gasteiger partial charge in [-0.05, 0) is 39.3 Å². The summed E-state index contributed by atoms with van der Waals surface area (Å²) in [7, 11) is 0. The number of rotatable bonds is 8. The van der Waals surface area contributed by atoms with Gasteiger partial charge in [0.05, 0.1) is 0 Å². The van der Waals surface area contributed by atoms with Crippen molar-refractivity contribution in [2.24, 2.45) is 0 Å². The SMILES string of the molecule is CC(C)(C)NCC(O)COc1cccc(N)c1CCC(=O)O. The maximum absolute atomic E-state index is 10.7. The third kappa shape index (κ3) is 6.78. The van der Waals surface area contributed by atoms with Crippen LogP contribution in [0.25, 0.3) is 0 Å². The lowest BCUT2D eigenvalue weighted by molar-refractivity contribution is -0.136. The standard InChI is InChI=1S/C16H26N2O4/c1-16(2,3)18-9-11(19)10-22-14-6-4-5-13(17)12(14)7-8-15(20)21/h4-6,11,18-19H,7-10,17H2,1-3H3,(H,20,21). The van der Waals surface area contributed by atoms with Crippen molar-refractivity contribution >= 4 is 11.7 Å². The van der Waals surface area contributed by atoms with Gasteiger partial charge >= 0.3 is 5.97 Å². The number of hydrogen-bond acceptors (Lipinski definition) is 5. The molecule has 124 valence electrons. The van der Waals surface area contributed by atoms with Gasteiger partial charge in [0.2, 0.25) is 0 Å². The number of aliphatic hydroxyl groups is 1. The molecule has 6 nitrogen and oxygen atoms in total. The van der Waals surface area contributed by atoms with Gasteiger partial charge in [0.25, 0.3) is 0 Å². The molecule has 1 atom stereocenters. The molecule has 1 aromatic carbocycles. The van der Waals surface area contributed by atoms with Crippen molar-refractivity contribution < 1.29 is 19.7 Å². The van der Waals surface area contributed by atoms with Gasteiger partial charge in [0, 0.05) is 29.8 Å². The average molecular weight is 310 g/mol. The summed E-state index contributed by atoms with van der Waals surface area (Å²) in [5, 5.41) is 21.9. The van der Waals surface area contributed by atoms with Gasteiger partial charge in [-0.25, -0.2) is 0 Å². The fourth-order valence-electron chi connectivity index (χ4n) is 1.89. The van der Waals surface area contributed by atoms with Crippen LogP contribution in [-0.2, 0) is 11.2 Å². The first-order chi connectivity index (χ1) is 10.2. The molecular weight excluding hydrogens is 284 g/mol. The zero-order valence-corrected chi connectivity index (χ0v) is 13.4. The van der Waals surface area contributed by atoms with E-state index in [1.54, 1.807) is 18.2 Å². The lowest BCUT2D eigenvalue weighted by Crippen LogP contribution is -2.42. The number of carbonyl (C=O) groups is 1. The van der Waals surface area contributed by atoms with Crippen molar-refractivity contribution in [3.05, 3.63) is 23.8 Å². The Kier molecular flexibility index (Phi) is 6.64. The summed E-state index contributed by atoms with van der Waals surface area (Å²) >= 11 is 0. The Balaban J connectivity index is 2.61. The molecule has 22 heavy (non-hydrogen) atoms. The highest BCUT2D eigenvalue weighted by molar-refractivity contribution is 5.68. The van der Waals surface area contributed by atoms with E-state index >= 15 is 0 Å². The summed E-state index contributed by atoms with van der Waals surface area (Å²) in [4.78, 5) is 10.7. The molecule has 0 aliphatic carbocycles. The zero-order chi connectivity index (χ0) is 16.8. The van der Waals surface area contributed by atoms with Gasteiger partial charge in [-0.3, -0.25) is 4.79 Å². The Hall–Kier alpha value is -1.79. The molecular formula is C16H26N2O4. The molecule has 0 bridgehead atoms. The van der Waals surface area contributed by atoms with E-state index in [1.165, 1.54) is 0 Å². The molecule has 1 aromatic rings. The van der Waals surface area contributed by atoms with Crippen LogP contribution in [0.15, 0.2) is 18.2 Å². The maximum atomic E-state index is 10.7. The molecule has 0 spiro atoms. The lowest BCUT2D eigenvalue weighted by Gasteiger charge is -2.23. The molecule has 0 aliphatic heterocycles. The normalized spacial score (nSPS) is 12.9. The van der Waals surface area contributed by atoms with Crippen molar-refractivity contribution in [2.75, 3.05) is 18.9 Å². The van der Waals surface area contributed by atoms with E-state index in [0.717, 1.165) is 0 Å². The Morgan fingerprint density at radius 2 is 2.09 bits per heavy atom. The highest BCUT2D eigenvalue weighted by atomic mass is 16.5. The number of ether oxygens (including phenoxy) is 1. The summed E-state index contributed by atoms with van der Waals surface area (Å²) in [5.41, 5.74) is 6.97. The number of nitrogens with two attached hydrogens (primary N) is 1. The lowest BCUT2D eigenvalue weighted by atomic mass is 10.1. The number of hydrogen-bond donors (Lipinski definition) is 4. The minimum Gasteiger partial charge on any atom is -0.490 e. The van der Waals surface area contributed by atoms with E-state index in [0.29, 0.717) is 30.0 Å². The third-order valence-corrected chi connectivity index (χ3v) is 3.06. The molecule has 5 N–H and O–H groups in total. The Morgan fingerprint density at radius 3 is 2.68 bits per heavy atom. The maximum Gasteiger partial charge on any atom is 0.303 e. The summed E-state index contributed by atoms with van der Waals surface area (Å²) in [6.45, 7) is 6.58. The molecule has 0 saturated carbocycles. The fraction of sp³-hybridized carbons (Fsp3) is 0.562. The van der Waals surface area contributed by atoms with Gasteiger partial charge < -0.3 is 26.0 Å². The van der Waals surface area contributed by atoms with Crippen molar-refractivity contribution in [2.45, 2.75) is 45.3 Å². The molecule has 0 amide bonds. The fourth-order valence-corrected chi connectivity index (χ4v) is 1.89. The molecule has 1 rings (SSSR count). The number of aliphatic carboxylic acids is 1. The predicted molar refractivity (Wildman–Crippen MR) is 86.1 cm³/mol. The first-order valence-electron chi connectivity index (χ1n) is 7.34. The van der Waals surface area contributed by atoms with E-state index < -0.39 is 12.1 Å². The number of nitrogens with one attached hydrogen (secondary N) is 1. The van der Waals surface area contributed by atoms with E-state index in [2.05, 4.69) is 5.32 Å². The largest absolute Gasteiger partial charge is 0.490 e. The number of benzene rings is 1. The van der Waals surface area contributed by atoms with Crippen LogP contribution in [0, 0.1) is 0 Å². The number of β-amino-alcohol motifs (C(OH)–C–C–N with tert-alkyl or cyclic N) is 1. The topological polar surface area (TPSA) is 105 Å². The minimum atomic E-state index is -0.886. The first-order valence-corrected chi connectivity index (χ1v) is 7.34. The van der Waals surface area contributed by atoms with Crippen molar-refractivity contribution in [1.82, 2.24) is 5.32 Å². The number of aliphatic hydroxyl groups excluding tert-OH is 1. The predicted octanol–water partition coefficient (Wildman–Crippen LogP) is 1.41. The smallest absolute Gasteiger partial charge is 0.303 e. The van der Waals surface area contributed by atoms with E-state index in [4.69, 9.17) is 15.6 Å². The summed E-state index contributed by atoms with van der Waals surface area (Å²) in [5.74, 6) is -0.361. The zero-order valence-electron chi connectivity index (χ0n) is 13.4. The van der Waals surface area contributed by atoms with Crippen molar-refractivity contribution in [3.8, 4) is 5.75 Å².